The molecule has 23 heavy (non-hydrogen) atoms. The second-order valence-electron chi connectivity index (χ2n) is 6.41. The number of aromatic nitrogens is 2. The van der Waals surface area contributed by atoms with E-state index in [1.165, 1.54) is 25.9 Å². The normalized spacial score (nSPS) is 22.4. The fourth-order valence-corrected chi connectivity index (χ4v) is 4.33. The van der Waals surface area contributed by atoms with E-state index in [9.17, 15) is 4.79 Å². The molecule has 1 amide bonds. The number of likely N-dealkylation sites (tertiary alicyclic amines) is 2. The van der Waals surface area contributed by atoms with Crippen LogP contribution in [0.15, 0.2) is 18.6 Å². The van der Waals surface area contributed by atoms with E-state index in [2.05, 4.69) is 14.9 Å². The number of carbonyl (C=O) groups excluding carboxylic acids is 1. The summed E-state index contributed by atoms with van der Waals surface area (Å²) in [6, 6.07) is 1.98. The molecule has 3 heterocycles. The standard InChI is InChI=1S/C17H26N4OS/c22-17(13-23-11-10-20-7-1-2-8-20)21-9-3-4-15(12-21)16-5-6-18-14-19-16/h5-6,14-15H,1-4,7-13H2/t15-/m0/s1. The van der Waals surface area contributed by atoms with Gasteiger partial charge in [-0.1, -0.05) is 0 Å². The number of nitrogens with zero attached hydrogens (tertiary/aromatic N) is 4. The molecule has 0 aromatic carbocycles. The van der Waals surface area contributed by atoms with Crippen LogP contribution in [0.2, 0.25) is 0 Å². The summed E-state index contributed by atoms with van der Waals surface area (Å²) in [5.74, 6) is 2.33. The molecule has 0 aliphatic carbocycles. The lowest BCUT2D eigenvalue weighted by Gasteiger charge is -2.32. The van der Waals surface area contributed by atoms with E-state index in [-0.39, 0.29) is 5.91 Å². The molecule has 3 rings (SSSR count). The molecule has 0 spiro atoms. The third-order valence-electron chi connectivity index (χ3n) is 4.77. The van der Waals surface area contributed by atoms with Crippen molar-refractivity contribution in [2.24, 2.45) is 0 Å². The number of amides is 1. The molecule has 6 heteroatoms. The zero-order chi connectivity index (χ0) is 15.9. The highest BCUT2D eigenvalue weighted by Crippen LogP contribution is 2.25. The van der Waals surface area contributed by atoms with Crippen LogP contribution >= 0.6 is 11.8 Å². The Labute approximate surface area is 142 Å². The van der Waals surface area contributed by atoms with Gasteiger partial charge < -0.3 is 9.80 Å². The highest BCUT2D eigenvalue weighted by atomic mass is 32.2. The van der Waals surface area contributed by atoms with Crippen molar-refractivity contribution < 1.29 is 4.79 Å². The number of rotatable bonds is 6. The van der Waals surface area contributed by atoms with E-state index in [0.29, 0.717) is 11.7 Å². The largest absolute Gasteiger partial charge is 0.341 e. The van der Waals surface area contributed by atoms with Crippen molar-refractivity contribution in [3.05, 3.63) is 24.3 Å². The minimum absolute atomic E-state index is 0.287. The fraction of sp³-hybridized carbons (Fsp3) is 0.706. The number of thioether (sulfide) groups is 1. The maximum atomic E-state index is 12.4. The van der Waals surface area contributed by atoms with E-state index in [4.69, 9.17) is 0 Å². The van der Waals surface area contributed by atoms with Crippen LogP contribution in [0.4, 0.5) is 0 Å². The molecular weight excluding hydrogens is 308 g/mol. The van der Waals surface area contributed by atoms with Crippen LogP contribution in [-0.4, -0.2) is 69.9 Å². The molecule has 0 bridgehead atoms. The first-order chi connectivity index (χ1) is 11.3. The summed E-state index contributed by atoms with van der Waals surface area (Å²) in [6.07, 6.45) is 8.24. The summed E-state index contributed by atoms with van der Waals surface area (Å²) >= 11 is 1.78. The minimum Gasteiger partial charge on any atom is -0.341 e. The van der Waals surface area contributed by atoms with Crippen molar-refractivity contribution in [1.29, 1.82) is 0 Å². The van der Waals surface area contributed by atoms with Crippen LogP contribution in [0.25, 0.3) is 0 Å². The van der Waals surface area contributed by atoms with Gasteiger partial charge in [0.05, 0.1) is 5.75 Å². The van der Waals surface area contributed by atoms with Crippen molar-refractivity contribution >= 4 is 17.7 Å². The average Bonchev–Trinajstić information content (AvgIpc) is 3.13. The van der Waals surface area contributed by atoms with E-state index in [1.54, 1.807) is 24.3 Å². The number of hydrogen-bond donors (Lipinski definition) is 0. The Morgan fingerprint density at radius 1 is 1.26 bits per heavy atom. The van der Waals surface area contributed by atoms with Crippen LogP contribution in [0, 0.1) is 0 Å². The predicted octanol–water partition coefficient (Wildman–Crippen LogP) is 2.01. The quantitative estimate of drug-likeness (QED) is 0.745. The Kier molecular flexibility index (Phi) is 6.28. The number of carbonyl (C=O) groups is 1. The first kappa shape index (κ1) is 16.7. The first-order valence-electron chi connectivity index (χ1n) is 8.67. The molecule has 1 aromatic rings. The van der Waals surface area contributed by atoms with Gasteiger partial charge in [0.25, 0.3) is 0 Å². The smallest absolute Gasteiger partial charge is 0.232 e. The molecule has 0 unspecified atom stereocenters. The number of hydrogen-bond acceptors (Lipinski definition) is 5. The molecule has 2 fully saturated rings. The Hall–Kier alpha value is -1.14. The molecule has 0 saturated carbocycles. The van der Waals surface area contributed by atoms with Crippen LogP contribution in [0.1, 0.15) is 37.3 Å². The zero-order valence-corrected chi connectivity index (χ0v) is 14.5. The zero-order valence-electron chi connectivity index (χ0n) is 13.7. The Morgan fingerprint density at radius 3 is 2.91 bits per heavy atom. The summed E-state index contributed by atoms with van der Waals surface area (Å²) in [7, 11) is 0. The van der Waals surface area contributed by atoms with Crippen molar-refractivity contribution in [2.45, 2.75) is 31.6 Å². The molecule has 1 aromatic heterocycles. The summed E-state index contributed by atoms with van der Waals surface area (Å²) in [4.78, 5) is 25.3. The molecular formula is C17H26N4OS. The van der Waals surface area contributed by atoms with Gasteiger partial charge in [0.1, 0.15) is 6.33 Å². The van der Waals surface area contributed by atoms with Crippen molar-refractivity contribution in [1.82, 2.24) is 19.8 Å². The van der Waals surface area contributed by atoms with E-state index in [1.807, 2.05) is 11.0 Å². The maximum Gasteiger partial charge on any atom is 0.232 e. The number of piperidine rings is 1. The molecule has 0 N–H and O–H groups in total. The van der Waals surface area contributed by atoms with Crippen molar-refractivity contribution in [3.8, 4) is 0 Å². The van der Waals surface area contributed by atoms with Gasteiger partial charge >= 0.3 is 0 Å². The second kappa shape index (κ2) is 8.64. The van der Waals surface area contributed by atoms with E-state index >= 15 is 0 Å². The van der Waals surface area contributed by atoms with Gasteiger partial charge in [-0.05, 0) is 44.8 Å². The lowest BCUT2D eigenvalue weighted by molar-refractivity contribution is -0.129. The molecule has 2 aliphatic heterocycles. The van der Waals surface area contributed by atoms with Gasteiger partial charge in [-0.2, -0.15) is 11.8 Å². The van der Waals surface area contributed by atoms with Crippen LogP contribution < -0.4 is 0 Å². The SMILES string of the molecule is O=C(CSCCN1CCCC1)N1CCC[C@H](c2ccncn2)C1. The lowest BCUT2D eigenvalue weighted by Crippen LogP contribution is -2.40. The molecule has 5 nitrogen and oxygen atoms in total. The van der Waals surface area contributed by atoms with Gasteiger partial charge in [0, 0.05) is 43.2 Å². The molecule has 2 saturated heterocycles. The highest BCUT2D eigenvalue weighted by Gasteiger charge is 2.25. The Bertz CT molecular complexity index is 493. The van der Waals surface area contributed by atoms with Crippen molar-refractivity contribution in [3.63, 3.8) is 0 Å². The highest BCUT2D eigenvalue weighted by molar-refractivity contribution is 7.99. The average molecular weight is 334 g/mol. The topological polar surface area (TPSA) is 49.3 Å². The summed E-state index contributed by atoms with van der Waals surface area (Å²) in [6.45, 7) is 5.31. The summed E-state index contributed by atoms with van der Waals surface area (Å²) < 4.78 is 0. The molecule has 126 valence electrons. The summed E-state index contributed by atoms with van der Waals surface area (Å²) in [5, 5.41) is 0. The third kappa shape index (κ3) is 4.91. The van der Waals surface area contributed by atoms with Gasteiger partial charge in [-0.15, -0.1) is 0 Å². The van der Waals surface area contributed by atoms with Gasteiger partial charge in [-0.25, -0.2) is 9.97 Å². The van der Waals surface area contributed by atoms with E-state index in [0.717, 1.165) is 43.9 Å². The Balaban J connectivity index is 1.40. The summed E-state index contributed by atoms with van der Waals surface area (Å²) in [5.41, 5.74) is 1.07. The minimum atomic E-state index is 0.287. The maximum absolute atomic E-state index is 12.4. The fourth-order valence-electron chi connectivity index (χ4n) is 3.44. The molecule has 1 atom stereocenters. The molecule has 2 aliphatic rings. The van der Waals surface area contributed by atoms with Crippen LogP contribution in [0.3, 0.4) is 0 Å². The predicted molar refractivity (Wildman–Crippen MR) is 93.6 cm³/mol. The monoisotopic (exact) mass is 334 g/mol. The van der Waals surface area contributed by atoms with E-state index < -0.39 is 0 Å². The molecule has 0 radical (unpaired) electrons. The first-order valence-corrected chi connectivity index (χ1v) is 9.82. The lowest BCUT2D eigenvalue weighted by atomic mass is 9.94. The van der Waals surface area contributed by atoms with Crippen LogP contribution in [-0.2, 0) is 4.79 Å². The van der Waals surface area contributed by atoms with Gasteiger partial charge in [0.15, 0.2) is 0 Å². The second-order valence-corrected chi connectivity index (χ2v) is 7.52. The van der Waals surface area contributed by atoms with Crippen molar-refractivity contribution in [2.75, 3.05) is 44.2 Å². The van der Waals surface area contributed by atoms with Gasteiger partial charge in [-0.3, -0.25) is 4.79 Å². The Morgan fingerprint density at radius 2 is 2.13 bits per heavy atom. The third-order valence-corrected chi connectivity index (χ3v) is 5.70. The van der Waals surface area contributed by atoms with Gasteiger partial charge in [0.2, 0.25) is 5.91 Å². The van der Waals surface area contributed by atoms with Crippen LogP contribution in [0.5, 0.6) is 0 Å².